The van der Waals surface area contributed by atoms with Crippen molar-refractivity contribution in [3.63, 3.8) is 0 Å². The molecule has 0 amide bonds. The monoisotopic (exact) mass is 258 g/mol. The molecule has 0 atom stereocenters. The van der Waals surface area contributed by atoms with Gasteiger partial charge >= 0.3 is 0 Å². The lowest BCUT2D eigenvalue weighted by molar-refractivity contribution is 0.0818. The van der Waals surface area contributed by atoms with E-state index in [0.717, 1.165) is 37.4 Å². The number of rotatable bonds is 3. The van der Waals surface area contributed by atoms with Crippen LogP contribution in [0.1, 0.15) is 43.9 Å². The molecule has 1 saturated heterocycles. The van der Waals surface area contributed by atoms with E-state index in [-0.39, 0.29) is 0 Å². The van der Waals surface area contributed by atoms with Gasteiger partial charge in [-0.15, -0.1) is 6.42 Å². The number of methoxy groups -OCH3 is 1. The number of aromatic nitrogens is 1. The van der Waals surface area contributed by atoms with Crippen LogP contribution in [0.15, 0.2) is 12.1 Å². The Hall–Kier alpha value is -1.53. The van der Waals surface area contributed by atoms with Gasteiger partial charge < -0.3 is 9.64 Å². The minimum Gasteiger partial charge on any atom is -0.381 e. The lowest BCUT2D eigenvalue weighted by atomic mass is 10.0. The Morgan fingerprint density at radius 2 is 2.05 bits per heavy atom. The molecular formula is C16H22N2O. The summed E-state index contributed by atoms with van der Waals surface area (Å²) in [5.74, 6) is 4.13. The van der Waals surface area contributed by atoms with Gasteiger partial charge in [-0.2, -0.15) is 0 Å². The van der Waals surface area contributed by atoms with Crippen LogP contribution in [0.5, 0.6) is 0 Å². The molecule has 19 heavy (non-hydrogen) atoms. The second kappa shape index (κ2) is 6.08. The number of nitrogens with zero attached hydrogens (tertiary/aromatic N) is 2. The van der Waals surface area contributed by atoms with E-state index >= 15 is 0 Å². The average molecular weight is 258 g/mol. The van der Waals surface area contributed by atoms with Gasteiger partial charge in [-0.3, -0.25) is 0 Å². The topological polar surface area (TPSA) is 25.4 Å². The van der Waals surface area contributed by atoms with Crippen molar-refractivity contribution >= 4 is 5.82 Å². The van der Waals surface area contributed by atoms with Gasteiger partial charge in [0.25, 0.3) is 0 Å². The minimum absolute atomic E-state index is 0.386. The summed E-state index contributed by atoms with van der Waals surface area (Å²) < 4.78 is 5.40. The lowest BCUT2D eigenvalue weighted by Crippen LogP contribution is -2.37. The highest BCUT2D eigenvalue weighted by molar-refractivity contribution is 5.47. The number of pyridine rings is 1. The molecule has 0 radical (unpaired) electrons. The van der Waals surface area contributed by atoms with Gasteiger partial charge in [0.05, 0.1) is 6.10 Å². The first-order chi connectivity index (χ1) is 9.13. The first kappa shape index (κ1) is 13.9. The maximum absolute atomic E-state index is 5.51. The van der Waals surface area contributed by atoms with E-state index in [4.69, 9.17) is 11.2 Å². The molecule has 1 aromatic heterocycles. The second-order valence-electron chi connectivity index (χ2n) is 5.37. The highest BCUT2D eigenvalue weighted by Gasteiger charge is 2.20. The summed E-state index contributed by atoms with van der Waals surface area (Å²) in [6.45, 7) is 6.32. The molecule has 0 N–H and O–H groups in total. The highest BCUT2D eigenvalue weighted by Crippen LogP contribution is 2.24. The molecule has 1 aromatic rings. The fraction of sp³-hybridized carbons (Fsp3) is 0.562. The van der Waals surface area contributed by atoms with Crippen LogP contribution in [0.25, 0.3) is 0 Å². The Labute approximate surface area is 116 Å². The summed E-state index contributed by atoms with van der Waals surface area (Å²) in [5.41, 5.74) is 1.99. The molecule has 0 saturated carbocycles. The quantitative estimate of drug-likeness (QED) is 0.780. The fourth-order valence-corrected chi connectivity index (χ4v) is 2.43. The Kier molecular flexibility index (Phi) is 4.44. The van der Waals surface area contributed by atoms with E-state index in [1.807, 2.05) is 6.07 Å². The molecule has 0 bridgehead atoms. The number of hydrogen-bond acceptors (Lipinski definition) is 3. The number of anilines is 1. The van der Waals surface area contributed by atoms with Crippen molar-refractivity contribution in [2.75, 3.05) is 25.1 Å². The maximum atomic E-state index is 5.51. The molecule has 0 aliphatic carbocycles. The molecule has 102 valence electrons. The average Bonchev–Trinajstić information content (AvgIpc) is 2.46. The third-order valence-corrected chi connectivity index (χ3v) is 3.75. The number of piperidine rings is 1. The largest absolute Gasteiger partial charge is 0.381 e. The van der Waals surface area contributed by atoms with Gasteiger partial charge in [0.2, 0.25) is 0 Å². The van der Waals surface area contributed by atoms with Crippen LogP contribution in [0.3, 0.4) is 0 Å². The summed E-state index contributed by atoms with van der Waals surface area (Å²) in [6.07, 6.45) is 8.00. The van der Waals surface area contributed by atoms with E-state index in [9.17, 15) is 0 Å². The Morgan fingerprint density at radius 1 is 1.37 bits per heavy atom. The standard InChI is InChI=1S/C16H22N2O/c1-5-14-10-13(12(2)3)11-16(17-14)18-8-6-15(19-4)7-9-18/h1,10-12,15H,6-9H2,2-4H3. The molecule has 0 spiro atoms. The van der Waals surface area contributed by atoms with Crippen LogP contribution in [0.2, 0.25) is 0 Å². The van der Waals surface area contributed by atoms with Crippen LogP contribution in [-0.4, -0.2) is 31.3 Å². The van der Waals surface area contributed by atoms with Gasteiger partial charge in [0.1, 0.15) is 11.5 Å². The SMILES string of the molecule is C#Cc1cc(C(C)C)cc(N2CCC(OC)CC2)n1. The number of terminal acetylenes is 1. The Bertz CT molecular complexity index is 468. The van der Waals surface area contributed by atoms with Crippen LogP contribution in [0, 0.1) is 12.3 Å². The molecule has 1 aliphatic heterocycles. The zero-order valence-electron chi connectivity index (χ0n) is 12.0. The van der Waals surface area contributed by atoms with E-state index in [2.05, 4.69) is 35.7 Å². The summed E-state index contributed by atoms with van der Waals surface area (Å²) >= 11 is 0. The zero-order chi connectivity index (χ0) is 13.8. The number of hydrogen-bond donors (Lipinski definition) is 0. The van der Waals surface area contributed by atoms with Crippen LogP contribution in [-0.2, 0) is 4.74 Å². The summed E-state index contributed by atoms with van der Waals surface area (Å²) in [5, 5.41) is 0. The van der Waals surface area contributed by atoms with E-state index < -0.39 is 0 Å². The van der Waals surface area contributed by atoms with Gasteiger partial charge in [0, 0.05) is 20.2 Å². The summed E-state index contributed by atoms with van der Waals surface area (Å²) in [7, 11) is 1.79. The summed E-state index contributed by atoms with van der Waals surface area (Å²) in [6, 6.07) is 4.18. The summed E-state index contributed by atoms with van der Waals surface area (Å²) in [4.78, 5) is 6.87. The van der Waals surface area contributed by atoms with Crippen molar-refractivity contribution in [1.82, 2.24) is 4.98 Å². The van der Waals surface area contributed by atoms with E-state index in [1.54, 1.807) is 7.11 Å². The van der Waals surface area contributed by atoms with Crippen molar-refractivity contribution in [2.45, 2.75) is 38.7 Å². The molecule has 1 fully saturated rings. The lowest BCUT2D eigenvalue weighted by Gasteiger charge is -2.32. The normalized spacial score (nSPS) is 16.7. The highest BCUT2D eigenvalue weighted by atomic mass is 16.5. The number of ether oxygens (including phenoxy) is 1. The van der Waals surface area contributed by atoms with Crippen molar-refractivity contribution in [3.05, 3.63) is 23.4 Å². The minimum atomic E-state index is 0.386. The molecule has 3 heteroatoms. The molecule has 0 aromatic carbocycles. The molecule has 2 heterocycles. The molecule has 2 rings (SSSR count). The van der Waals surface area contributed by atoms with Gasteiger partial charge in [-0.25, -0.2) is 4.98 Å². The predicted molar refractivity (Wildman–Crippen MR) is 78.5 cm³/mol. The third-order valence-electron chi connectivity index (χ3n) is 3.75. The first-order valence-electron chi connectivity index (χ1n) is 6.90. The first-order valence-corrected chi connectivity index (χ1v) is 6.90. The molecular weight excluding hydrogens is 236 g/mol. The van der Waals surface area contributed by atoms with Crippen LogP contribution in [0.4, 0.5) is 5.82 Å². The Balaban J connectivity index is 2.20. The molecule has 1 aliphatic rings. The van der Waals surface area contributed by atoms with Crippen LogP contribution < -0.4 is 4.90 Å². The van der Waals surface area contributed by atoms with E-state index in [1.165, 1.54) is 5.56 Å². The second-order valence-corrected chi connectivity index (χ2v) is 5.37. The van der Waals surface area contributed by atoms with Crippen molar-refractivity contribution < 1.29 is 4.74 Å². The molecule has 0 unspecified atom stereocenters. The van der Waals surface area contributed by atoms with Gasteiger partial charge in [-0.05, 0) is 36.5 Å². The van der Waals surface area contributed by atoms with Crippen molar-refractivity contribution in [2.24, 2.45) is 0 Å². The Morgan fingerprint density at radius 3 is 2.58 bits per heavy atom. The van der Waals surface area contributed by atoms with E-state index in [0.29, 0.717) is 12.0 Å². The van der Waals surface area contributed by atoms with Crippen molar-refractivity contribution in [3.8, 4) is 12.3 Å². The smallest absolute Gasteiger partial charge is 0.130 e. The predicted octanol–water partition coefficient (Wildman–Crippen LogP) is 2.80. The fourth-order valence-electron chi connectivity index (χ4n) is 2.43. The van der Waals surface area contributed by atoms with Crippen LogP contribution >= 0.6 is 0 Å². The zero-order valence-corrected chi connectivity index (χ0v) is 12.0. The van der Waals surface area contributed by atoms with Gasteiger partial charge in [0.15, 0.2) is 0 Å². The van der Waals surface area contributed by atoms with Crippen molar-refractivity contribution in [1.29, 1.82) is 0 Å². The third kappa shape index (κ3) is 3.27. The molecule has 3 nitrogen and oxygen atoms in total. The maximum Gasteiger partial charge on any atom is 0.130 e. The van der Waals surface area contributed by atoms with Gasteiger partial charge in [-0.1, -0.05) is 19.8 Å².